The Kier molecular flexibility index (Phi) is 4.93. The van der Waals surface area contributed by atoms with Gasteiger partial charge in [0.05, 0.1) is 25.3 Å². The van der Waals surface area contributed by atoms with E-state index in [9.17, 15) is 4.39 Å². The number of methoxy groups -OCH3 is 2. The smallest absolute Gasteiger partial charge is 0.146 e. The lowest BCUT2D eigenvalue weighted by Crippen LogP contribution is -2.13. The molecule has 0 aliphatic carbocycles. The molecule has 0 spiro atoms. The number of nitrogens with two attached hydrogens (primary N) is 1. The van der Waals surface area contributed by atoms with Crippen molar-refractivity contribution in [2.24, 2.45) is 5.73 Å². The van der Waals surface area contributed by atoms with Crippen LogP contribution in [0.3, 0.4) is 0 Å². The Labute approximate surface area is 132 Å². The number of hydrogen-bond donors (Lipinski definition) is 1. The van der Waals surface area contributed by atoms with Gasteiger partial charge in [0, 0.05) is 5.56 Å². The van der Waals surface area contributed by atoms with Crippen LogP contribution >= 0.6 is 23.2 Å². The van der Waals surface area contributed by atoms with E-state index < -0.39 is 11.9 Å². The summed E-state index contributed by atoms with van der Waals surface area (Å²) < 4.78 is 24.0. The second-order valence-electron chi connectivity index (χ2n) is 4.36. The average molecular weight is 330 g/mol. The SMILES string of the molecule is COc1ccc(C(N)c2ccc(Cl)c(F)c2)c(OC)c1Cl. The maximum Gasteiger partial charge on any atom is 0.146 e. The molecule has 2 rings (SSSR count). The number of rotatable bonds is 4. The Bertz CT molecular complexity index is 664. The monoisotopic (exact) mass is 329 g/mol. The fourth-order valence-corrected chi connectivity index (χ4v) is 2.49. The van der Waals surface area contributed by atoms with Crippen LogP contribution in [0.25, 0.3) is 0 Å². The third-order valence-electron chi connectivity index (χ3n) is 3.15. The standard InChI is InChI=1S/C15H14Cl2FNO2/c1-20-12-6-4-9(15(21-2)13(12)17)14(19)8-3-5-10(16)11(18)7-8/h3-7,14H,19H2,1-2H3. The summed E-state index contributed by atoms with van der Waals surface area (Å²) in [4.78, 5) is 0. The first-order valence-corrected chi connectivity index (χ1v) is 6.86. The molecule has 3 nitrogen and oxygen atoms in total. The van der Waals surface area contributed by atoms with E-state index in [0.29, 0.717) is 27.6 Å². The number of hydrogen-bond acceptors (Lipinski definition) is 3. The first-order chi connectivity index (χ1) is 9.99. The first-order valence-electron chi connectivity index (χ1n) is 6.10. The predicted molar refractivity (Wildman–Crippen MR) is 82.0 cm³/mol. The maximum atomic E-state index is 13.6. The van der Waals surface area contributed by atoms with Crippen LogP contribution in [0.5, 0.6) is 11.5 Å². The normalized spacial score (nSPS) is 12.1. The van der Waals surface area contributed by atoms with Gasteiger partial charge in [-0.1, -0.05) is 29.3 Å². The zero-order valence-corrected chi connectivity index (χ0v) is 13.0. The topological polar surface area (TPSA) is 44.5 Å². The van der Waals surface area contributed by atoms with Gasteiger partial charge >= 0.3 is 0 Å². The summed E-state index contributed by atoms with van der Waals surface area (Å²) in [6.07, 6.45) is 0. The minimum atomic E-state index is -0.602. The lowest BCUT2D eigenvalue weighted by molar-refractivity contribution is 0.390. The Hall–Kier alpha value is -1.49. The second kappa shape index (κ2) is 6.52. The highest BCUT2D eigenvalue weighted by Gasteiger charge is 2.20. The third-order valence-corrected chi connectivity index (χ3v) is 3.82. The van der Waals surface area contributed by atoms with Gasteiger partial charge in [-0.3, -0.25) is 0 Å². The molecule has 1 unspecified atom stereocenters. The van der Waals surface area contributed by atoms with Crippen molar-refractivity contribution in [1.82, 2.24) is 0 Å². The molecule has 0 bridgehead atoms. The van der Waals surface area contributed by atoms with Gasteiger partial charge in [0.2, 0.25) is 0 Å². The Morgan fingerprint density at radius 1 is 1.10 bits per heavy atom. The van der Waals surface area contributed by atoms with Crippen LogP contribution in [0.1, 0.15) is 17.2 Å². The number of benzene rings is 2. The van der Waals surface area contributed by atoms with E-state index in [1.165, 1.54) is 26.4 Å². The molecule has 0 saturated carbocycles. The minimum Gasteiger partial charge on any atom is -0.495 e. The highest BCUT2D eigenvalue weighted by Crippen LogP contribution is 2.40. The summed E-state index contributed by atoms with van der Waals surface area (Å²) in [5.74, 6) is 0.355. The summed E-state index contributed by atoms with van der Waals surface area (Å²) in [6, 6.07) is 7.24. The van der Waals surface area contributed by atoms with E-state index in [1.807, 2.05) is 0 Å². The first kappa shape index (κ1) is 15.9. The van der Waals surface area contributed by atoms with E-state index in [2.05, 4.69) is 0 Å². The summed E-state index contributed by atoms with van der Waals surface area (Å²) in [7, 11) is 2.99. The van der Waals surface area contributed by atoms with Gasteiger partial charge in [0.25, 0.3) is 0 Å². The van der Waals surface area contributed by atoms with Gasteiger partial charge in [-0.25, -0.2) is 4.39 Å². The van der Waals surface area contributed by atoms with Gasteiger partial charge in [-0.05, 0) is 29.8 Å². The average Bonchev–Trinajstić information content (AvgIpc) is 2.49. The number of ether oxygens (including phenoxy) is 2. The Balaban J connectivity index is 2.50. The van der Waals surface area contributed by atoms with Crippen LogP contribution in [-0.2, 0) is 0 Å². The fourth-order valence-electron chi connectivity index (χ4n) is 2.05. The summed E-state index contributed by atoms with van der Waals surface area (Å²) in [6.45, 7) is 0. The van der Waals surface area contributed by atoms with Crippen molar-refractivity contribution in [2.75, 3.05) is 14.2 Å². The number of halogens is 3. The van der Waals surface area contributed by atoms with Crippen LogP contribution < -0.4 is 15.2 Å². The van der Waals surface area contributed by atoms with E-state index >= 15 is 0 Å². The quantitative estimate of drug-likeness (QED) is 0.914. The highest BCUT2D eigenvalue weighted by molar-refractivity contribution is 6.33. The molecule has 2 aromatic carbocycles. The fraction of sp³-hybridized carbons (Fsp3) is 0.200. The lowest BCUT2D eigenvalue weighted by atomic mass is 9.98. The second-order valence-corrected chi connectivity index (χ2v) is 5.14. The molecule has 0 aliphatic heterocycles. The van der Waals surface area contributed by atoms with Gasteiger partial charge in [0.1, 0.15) is 22.3 Å². The molecule has 2 aromatic rings. The van der Waals surface area contributed by atoms with Crippen molar-refractivity contribution in [3.8, 4) is 11.5 Å². The molecule has 6 heteroatoms. The molecule has 0 aliphatic rings. The van der Waals surface area contributed by atoms with Crippen molar-refractivity contribution in [1.29, 1.82) is 0 Å². The van der Waals surface area contributed by atoms with E-state index in [-0.39, 0.29) is 5.02 Å². The van der Waals surface area contributed by atoms with Crippen LogP contribution in [0.2, 0.25) is 10.0 Å². The molecule has 1 atom stereocenters. The predicted octanol–water partition coefficient (Wildman–Crippen LogP) is 4.20. The van der Waals surface area contributed by atoms with Crippen LogP contribution in [-0.4, -0.2) is 14.2 Å². The summed E-state index contributed by atoms with van der Waals surface area (Å²) >= 11 is 11.9. The summed E-state index contributed by atoms with van der Waals surface area (Å²) in [5.41, 5.74) is 7.38. The molecule has 0 fully saturated rings. The van der Waals surface area contributed by atoms with Gasteiger partial charge in [-0.2, -0.15) is 0 Å². The minimum absolute atomic E-state index is 0.0469. The van der Waals surface area contributed by atoms with E-state index in [1.54, 1.807) is 18.2 Å². The van der Waals surface area contributed by atoms with E-state index in [0.717, 1.165) is 0 Å². The molecule has 0 amide bonds. The van der Waals surface area contributed by atoms with Crippen molar-refractivity contribution < 1.29 is 13.9 Å². The van der Waals surface area contributed by atoms with Crippen LogP contribution in [0.15, 0.2) is 30.3 Å². The zero-order valence-electron chi connectivity index (χ0n) is 11.5. The van der Waals surface area contributed by atoms with Crippen molar-refractivity contribution in [3.63, 3.8) is 0 Å². The molecular formula is C15H14Cl2FNO2. The van der Waals surface area contributed by atoms with Crippen molar-refractivity contribution in [3.05, 3.63) is 57.3 Å². The largest absolute Gasteiger partial charge is 0.495 e. The van der Waals surface area contributed by atoms with E-state index in [4.69, 9.17) is 38.4 Å². The van der Waals surface area contributed by atoms with Crippen molar-refractivity contribution in [2.45, 2.75) is 6.04 Å². The van der Waals surface area contributed by atoms with Gasteiger partial charge in [-0.15, -0.1) is 0 Å². The zero-order chi connectivity index (χ0) is 15.6. The van der Waals surface area contributed by atoms with Crippen molar-refractivity contribution >= 4 is 23.2 Å². The summed E-state index contributed by atoms with van der Waals surface area (Å²) in [5, 5.41) is 0.369. The maximum absolute atomic E-state index is 13.6. The molecule has 21 heavy (non-hydrogen) atoms. The molecule has 112 valence electrons. The van der Waals surface area contributed by atoms with Gasteiger partial charge in [0.15, 0.2) is 0 Å². The van der Waals surface area contributed by atoms with Crippen LogP contribution in [0, 0.1) is 5.82 Å². The lowest BCUT2D eigenvalue weighted by Gasteiger charge is -2.18. The molecule has 2 N–H and O–H groups in total. The highest BCUT2D eigenvalue weighted by atomic mass is 35.5. The molecule has 0 saturated heterocycles. The molecule has 0 radical (unpaired) electrons. The molecule has 0 aromatic heterocycles. The Morgan fingerprint density at radius 3 is 2.38 bits per heavy atom. The van der Waals surface area contributed by atoms with Crippen LogP contribution in [0.4, 0.5) is 4.39 Å². The molecule has 0 heterocycles. The molecular weight excluding hydrogens is 316 g/mol. The Morgan fingerprint density at radius 2 is 1.81 bits per heavy atom. The third kappa shape index (κ3) is 3.07. The van der Waals surface area contributed by atoms with Gasteiger partial charge < -0.3 is 15.2 Å².